The van der Waals surface area contributed by atoms with E-state index in [1.165, 1.54) is 5.56 Å². The average Bonchev–Trinajstić information content (AvgIpc) is 2.72. The van der Waals surface area contributed by atoms with E-state index in [1.54, 1.807) is 14.2 Å². The molecule has 0 spiro atoms. The average molecular weight is 249 g/mol. The molecule has 1 N–H and O–H groups in total. The predicted octanol–water partition coefficient (Wildman–Crippen LogP) is 2.25. The van der Waals surface area contributed by atoms with Crippen molar-refractivity contribution in [2.75, 3.05) is 27.4 Å². The summed E-state index contributed by atoms with van der Waals surface area (Å²) in [6, 6.07) is 8.29. The molecule has 2 unspecified atom stereocenters. The van der Waals surface area contributed by atoms with E-state index in [0.717, 1.165) is 31.7 Å². The molecule has 0 saturated carbocycles. The zero-order valence-corrected chi connectivity index (χ0v) is 11.5. The lowest BCUT2D eigenvalue weighted by molar-refractivity contribution is 0.128. The second kappa shape index (κ2) is 5.72. The molecule has 3 heteroatoms. The lowest BCUT2D eigenvalue weighted by Gasteiger charge is -2.23. The van der Waals surface area contributed by atoms with Crippen molar-refractivity contribution in [1.29, 1.82) is 0 Å². The third-order valence-corrected chi connectivity index (χ3v) is 3.72. The number of nitrogens with one attached hydrogen (secondary N) is 1. The van der Waals surface area contributed by atoms with Gasteiger partial charge in [0, 0.05) is 12.6 Å². The molecule has 0 amide bonds. The van der Waals surface area contributed by atoms with E-state index in [0.29, 0.717) is 5.92 Å². The minimum Gasteiger partial charge on any atom is -0.496 e. The second-order valence-corrected chi connectivity index (χ2v) is 5.46. The SMILES string of the molecule is COCC1(C)CC(Cc2ccccc2OC)CN1. The van der Waals surface area contributed by atoms with Crippen LogP contribution in [-0.4, -0.2) is 32.9 Å². The molecule has 1 fully saturated rings. The largest absolute Gasteiger partial charge is 0.496 e. The van der Waals surface area contributed by atoms with Crippen LogP contribution in [0.15, 0.2) is 24.3 Å². The van der Waals surface area contributed by atoms with Crippen molar-refractivity contribution in [3.8, 4) is 5.75 Å². The number of ether oxygens (including phenoxy) is 2. The van der Waals surface area contributed by atoms with E-state index in [1.807, 2.05) is 12.1 Å². The maximum absolute atomic E-state index is 5.41. The van der Waals surface area contributed by atoms with Gasteiger partial charge in [-0.1, -0.05) is 18.2 Å². The molecule has 0 aromatic heterocycles. The van der Waals surface area contributed by atoms with Gasteiger partial charge in [-0.25, -0.2) is 0 Å². The molecule has 2 atom stereocenters. The fourth-order valence-corrected chi connectivity index (χ4v) is 2.93. The Kier molecular flexibility index (Phi) is 4.25. The van der Waals surface area contributed by atoms with Gasteiger partial charge in [0.25, 0.3) is 0 Å². The van der Waals surface area contributed by atoms with Crippen molar-refractivity contribution in [3.63, 3.8) is 0 Å². The van der Waals surface area contributed by atoms with E-state index >= 15 is 0 Å². The lowest BCUT2D eigenvalue weighted by atomic mass is 9.91. The number of rotatable bonds is 5. The number of hydrogen-bond donors (Lipinski definition) is 1. The predicted molar refractivity (Wildman–Crippen MR) is 73.1 cm³/mol. The molecule has 2 rings (SSSR count). The van der Waals surface area contributed by atoms with Crippen molar-refractivity contribution in [2.24, 2.45) is 5.92 Å². The van der Waals surface area contributed by atoms with E-state index in [-0.39, 0.29) is 5.54 Å². The van der Waals surface area contributed by atoms with Gasteiger partial charge in [-0.15, -0.1) is 0 Å². The fourth-order valence-electron chi connectivity index (χ4n) is 2.93. The molecule has 18 heavy (non-hydrogen) atoms. The number of para-hydroxylation sites is 1. The summed E-state index contributed by atoms with van der Waals surface area (Å²) in [4.78, 5) is 0. The Morgan fingerprint density at radius 1 is 1.33 bits per heavy atom. The first-order valence-electron chi connectivity index (χ1n) is 6.53. The third kappa shape index (κ3) is 3.03. The Morgan fingerprint density at radius 3 is 2.83 bits per heavy atom. The molecule has 1 aromatic rings. The van der Waals surface area contributed by atoms with Crippen LogP contribution < -0.4 is 10.1 Å². The summed E-state index contributed by atoms with van der Waals surface area (Å²) in [5, 5.41) is 3.58. The highest BCUT2D eigenvalue weighted by atomic mass is 16.5. The van der Waals surface area contributed by atoms with Crippen LogP contribution in [0.3, 0.4) is 0 Å². The van der Waals surface area contributed by atoms with Crippen molar-refractivity contribution in [1.82, 2.24) is 5.32 Å². The second-order valence-electron chi connectivity index (χ2n) is 5.46. The molecule has 1 aliphatic heterocycles. The lowest BCUT2D eigenvalue weighted by Crippen LogP contribution is -2.40. The van der Waals surface area contributed by atoms with Gasteiger partial charge in [-0.05, 0) is 43.9 Å². The van der Waals surface area contributed by atoms with Gasteiger partial charge < -0.3 is 14.8 Å². The van der Waals surface area contributed by atoms with Gasteiger partial charge in [0.15, 0.2) is 0 Å². The molecule has 0 aliphatic carbocycles. The van der Waals surface area contributed by atoms with Gasteiger partial charge in [-0.3, -0.25) is 0 Å². The molecule has 100 valence electrons. The van der Waals surface area contributed by atoms with Gasteiger partial charge in [-0.2, -0.15) is 0 Å². The number of methoxy groups -OCH3 is 2. The van der Waals surface area contributed by atoms with Crippen molar-refractivity contribution < 1.29 is 9.47 Å². The van der Waals surface area contributed by atoms with E-state index in [9.17, 15) is 0 Å². The standard InChI is InChI=1S/C15H23NO2/c1-15(11-17-2)9-12(10-16-15)8-13-6-4-5-7-14(13)18-3/h4-7,12,16H,8-11H2,1-3H3. The van der Waals surface area contributed by atoms with Gasteiger partial charge >= 0.3 is 0 Å². The van der Waals surface area contributed by atoms with Crippen molar-refractivity contribution in [2.45, 2.75) is 25.3 Å². The van der Waals surface area contributed by atoms with Crippen LogP contribution in [0, 0.1) is 5.92 Å². The van der Waals surface area contributed by atoms with Crippen LogP contribution in [0.2, 0.25) is 0 Å². The topological polar surface area (TPSA) is 30.5 Å². The maximum Gasteiger partial charge on any atom is 0.122 e. The van der Waals surface area contributed by atoms with E-state index < -0.39 is 0 Å². The zero-order valence-electron chi connectivity index (χ0n) is 11.5. The molecule has 1 aliphatic rings. The monoisotopic (exact) mass is 249 g/mol. The molecular formula is C15H23NO2. The Labute approximate surface area is 109 Å². The summed E-state index contributed by atoms with van der Waals surface area (Å²) in [7, 11) is 3.50. The molecule has 0 bridgehead atoms. The normalized spacial score (nSPS) is 27.4. The molecule has 1 saturated heterocycles. The van der Waals surface area contributed by atoms with Gasteiger partial charge in [0.05, 0.1) is 13.7 Å². The smallest absolute Gasteiger partial charge is 0.122 e. The van der Waals surface area contributed by atoms with Gasteiger partial charge in [0.1, 0.15) is 5.75 Å². The maximum atomic E-state index is 5.41. The first-order valence-corrected chi connectivity index (χ1v) is 6.53. The first-order chi connectivity index (χ1) is 8.67. The van der Waals surface area contributed by atoms with Crippen LogP contribution in [0.5, 0.6) is 5.75 Å². The third-order valence-electron chi connectivity index (χ3n) is 3.72. The van der Waals surface area contributed by atoms with Crippen LogP contribution >= 0.6 is 0 Å². The summed E-state index contributed by atoms with van der Waals surface area (Å²) in [6.45, 7) is 4.06. The number of hydrogen-bond acceptors (Lipinski definition) is 3. The van der Waals surface area contributed by atoms with Gasteiger partial charge in [0.2, 0.25) is 0 Å². The van der Waals surface area contributed by atoms with Crippen LogP contribution in [-0.2, 0) is 11.2 Å². The number of benzene rings is 1. The Hall–Kier alpha value is -1.06. The first kappa shape index (κ1) is 13.4. The Morgan fingerprint density at radius 2 is 2.11 bits per heavy atom. The van der Waals surface area contributed by atoms with Crippen LogP contribution in [0.4, 0.5) is 0 Å². The zero-order chi connectivity index (χ0) is 13.0. The highest BCUT2D eigenvalue weighted by Crippen LogP contribution is 2.29. The van der Waals surface area contributed by atoms with Crippen LogP contribution in [0.1, 0.15) is 18.9 Å². The molecule has 1 heterocycles. The molecule has 3 nitrogen and oxygen atoms in total. The van der Waals surface area contributed by atoms with E-state index in [2.05, 4.69) is 24.4 Å². The highest BCUT2D eigenvalue weighted by Gasteiger charge is 2.34. The summed E-state index contributed by atoms with van der Waals surface area (Å²) in [5.41, 5.74) is 1.43. The summed E-state index contributed by atoms with van der Waals surface area (Å²) >= 11 is 0. The summed E-state index contributed by atoms with van der Waals surface area (Å²) in [5.74, 6) is 1.65. The Bertz CT molecular complexity index is 394. The Balaban J connectivity index is 1.99. The summed E-state index contributed by atoms with van der Waals surface area (Å²) < 4.78 is 10.7. The molecule has 0 radical (unpaired) electrons. The minimum absolute atomic E-state index is 0.126. The molecule has 1 aromatic carbocycles. The van der Waals surface area contributed by atoms with Crippen molar-refractivity contribution in [3.05, 3.63) is 29.8 Å². The van der Waals surface area contributed by atoms with Crippen LogP contribution in [0.25, 0.3) is 0 Å². The minimum atomic E-state index is 0.126. The summed E-state index contributed by atoms with van der Waals surface area (Å²) in [6.07, 6.45) is 2.22. The van der Waals surface area contributed by atoms with Crippen molar-refractivity contribution >= 4 is 0 Å². The van der Waals surface area contributed by atoms with E-state index in [4.69, 9.17) is 9.47 Å². The molecular weight excluding hydrogens is 226 g/mol. The fraction of sp³-hybridized carbons (Fsp3) is 0.600. The quantitative estimate of drug-likeness (QED) is 0.868. The highest BCUT2D eigenvalue weighted by molar-refractivity contribution is 5.33.